The monoisotopic (exact) mass is 357 g/mol. The van der Waals surface area contributed by atoms with E-state index in [1.54, 1.807) is 6.07 Å². The van der Waals surface area contributed by atoms with Gasteiger partial charge < -0.3 is 0 Å². The van der Waals surface area contributed by atoms with Crippen LogP contribution in [0, 0.1) is 0 Å². The first kappa shape index (κ1) is 15.5. The van der Waals surface area contributed by atoms with Crippen LogP contribution in [0.25, 0.3) is 33.7 Å². The Kier molecular flexibility index (Phi) is 3.68. The Morgan fingerprint density at radius 2 is 1.38 bits per heavy atom. The topological polar surface area (TPSA) is 38.7 Å². The van der Waals surface area contributed by atoms with Crippen LogP contribution in [0.1, 0.15) is 24.3 Å². The zero-order valence-electron chi connectivity index (χ0n) is 14.1. The molecule has 0 N–H and O–H groups in total. The number of halogens is 1. The van der Waals surface area contributed by atoms with Gasteiger partial charge in [0.25, 0.3) is 0 Å². The first-order chi connectivity index (χ1) is 12.8. The standard InChI is InChI=1S/C22H16ClN3/c23-19-13-12-18-22(25-19)26-21(16-4-2-1-3-5-16)20(24-18)17-10-8-15(9-11-17)14-6-7-14/h1-5,8-14H,6-7H2. The predicted octanol–water partition coefficient (Wildman–Crippen LogP) is 5.89. The lowest BCUT2D eigenvalue weighted by atomic mass is 10.0. The summed E-state index contributed by atoms with van der Waals surface area (Å²) in [5, 5.41) is 0.423. The van der Waals surface area contributed by atoms with Crippen LogP contribution in [0.3, 0.4) is 0 Å². The molecule has 1 aliphatic rings. The van der Waals surface area contributed by atoms with Crippen LogP contribution in [-0.2, 0) is 0 Å². The number of hydrogen-bond donors (Lipinski definition) is 0. The molecule has 0 radical (unpaired) electrons. The van der Waals surface area contributed by atoms with Gasteiger partial charge >= 0.3 is 0 Å². The lowest BCUT2D eigenvalue weighted by Gasteiger charge is -2.11. The van der Waals surface area contributed by atoms with Crippen molar-refractivity contribution in [2.75, 3.05) is 0 Å². The molecule has 0 atom stereocenters. The van der Waals surface area contributed by atoms with Crippen LogP contribution < -0.4 is 0 Å². The van der Waals surface area contributed by atoms with Crippen molar-refractivity contribution in [3.63, 3.8) is 0 Å². The van der Waals surface area contributed by atoms with Crippen molar-refractivity contribution in [1.82, 2.24) is 15.0 Å². The number of fused-ring (bicyclic) bond motifs is 1. The summed E-state index contributed by atoms with van der Waals surface area (Å²) < 4.78 is 0. The molecule has 0 spiro atoms. The quantitative estimate of drug-likeness (QED) is 0.429. The predicted molar refractivity (Wildman–Crippen MR) is 105 cm³/mol. The molecule has 0 bridgehead atoms. The maximum Gasteiger partial charge on any atom is 0.180 e. The molecule has 2 heterocycles. The van der Waals surface area contributed by atoms with Gasteiger partial charge in [0.15, 0.2) is 5.65 Å². The summed E-state index contributed by atoms with van der Waals surface area (Å²) in [6, 6.07) is 22.5. The largest absolute Gasteiger partial charge is 0.242 e. The van der Waals surface area contributed by atoms with Crippen molar-refractivity contribution < 1.29 is 0 Å². The van der Waals surface area contributed by atoms with Gasteiger partial charge in [-0.1, -0.05) is 66.2 Å². The number of pyridine rings is 1. The van der Waals surface area contributed by atoms with Crippen LogP contribution in [0.2, 0.25) is 5.15 Å². The average molecular weight is 358 g/mol. The van der Waals surface area contributed by atoms with Gasteiger partial charge in [-0.2, -0.15) is 0 Å². The maximum atomic E-state index is 6.05. The van der Waals surface area contributed by atoms with Gasteiger partial charge in [-0.25, -0.2) is 15.0 Å². The van der Waals surface area contributed by atoms with Crippen LogP contribution in [-0.4, -0.2) is 15.0 Å². The van der Waals surface area contributed by atoms with Crippen molar-refractivity contribution >= 4 is 22.8 Å². The van der Waals surface area contributed by atoms with Crippen LogP contribution >= 0.6 is 11.6 Å². The molecule has 4 heteroatoms. The summed E-state index contributed by atoms with van der Waals surface area (Å²) in [4.78, 5) is 14.0. The Morgan fingerprint density at radius 1 is 0.692 bits per heavy atom. The van der Waals surface area contributed by atoms with E-state index in [1.807, 2.05) is 36.4 Å². The highest BCUT2D eigenvalue weighted by molar-refractivity contribution is 6.29. The molecule has 0 aliphatic heterocycles. The number of aromatic nitrogens is 3. The van der Waals surface area contributed by atoms with Crippen molar-refractivity contribution in [2.45, 2.75) is 18.8 Å². The molecule has 0 unspecified atom stereocenters. The number of nitrogens with zero attached hydrogens (tertiary/aromatic N) is 3. The van der Waals surface area contributed by atoms with Gasteiger partial charge in [-0.05, 0) is 36.5 Å². The van der Waals surface area contributed by atoms with E-state index >= 15 is 0 Å². The number of rotatable bonds is 3. The van der Waals surface area contributed by atoms with E-state index in [0.29, 0.717) is 10.8 Å². The third kappa shape index (κ3) is 2.85. The van der Waals surface area contributed by atoms with Crippen molar-refractivity contribution in [3.8, 4) is 22.5 Å². The highest BCUT2D eigenvalue weighted by Gasteiger charge is 2.23. The second kappa shape index (κ2) is 6.19. The summed E-state index contributed by atoms with van der Waals surface area (Å²) in [5.74, 6) is 0.742. The Labute approximate surface area is 156 Å². The molecule has 0 saturated heterocycles. The summed E-state index contributed by atoms with van der Waals surface area (Å²) in [6.45, 7) is 0. The molecule has 1 aliphatic carbocycles. The van der Waals surface area contributed by atoms with Crippen molar-refractivity contribution in [1.29, 1.82) is 0 Å². The first-order valence-electron chi connectivity index (χ1n) is 8.78. The Hall–Kier alpha value is -2.78. The van der Waals surface area contributed by atoms with Gasteiger partial charge in [-0.15, -0.1) is 0 Å². The highest BCUT2D eigenvalue weighted by Crippen LogP contribution is 2.41. The zero-order valence-corrected chi connectivity index (χ0v) is 14.8. The molecule has 5 rings (SSSR count). The third-order valence-corrected chi connectivity index (χ3v) is 4.99. The first-order valence-corrected chi connectivity index (χ1v) is 9.16. The fourth-order valence-corrected chi connectivity index (χ4v) is 3.39. The van der Waals surface area contributed by atoms with Crippen LogP contribution in [0.15, 0.2) is 66.7 Å². The zero-order chi connectivity index (χ0) is 17.5. The van der Waals surface area contributed by atoms with Gasteiger partial charge in [0.05, 0.1) is 11.4 Å². The molecule has 3 nitrogen and oxygen atoms in total. The van der Waals surface area contributed by atoms with Gasteiger partial charge in [-0.3, -0.25) is 0 Å². The minimum absolute atomic E-state index is 0.423. The van der Waals surface area contributed by atoms with E-state index in [9.17, 15) is 0 Å². The van der Waals surface area contributed by atoms with E-state index in [-0.39, 0.29) is 0 Å². The maximum absolute atomic E-state index is 6.05. The molecule has 2 aromatic heterocycles. The van der Waals surface area contributed by atoms with Crippen molar-refractivity contribution in [2.24, 2.45) is 0 Å². The summed E-state index contributed by atoms with van der Waals surface area (Å²) >= 11 is 6.05. The molecule has 126 valence electrons. The molecule has 4 aromatic rings. The summed E-state index contributed by atoms with van der Waals surface area (Å²) in [6.07, 6.45) is 2.60. The molecular formula is C22H16ClN3. The third-order valence-electron chi connectivity index (χ3n) is 4.77. The van der Waals surface area contributed by atoms with E-state index in [2.05, 4.69) is 29.2 Å². The molecule has 0 amide bonds. The Balaban J connectivity index is 1.72. The van der Waals surface area contributed by atoms with Gasteiger partial charge in [0.1, 0.15) is 10.7 Å². The molecular weight excluding hydrogens is 342 g/mol. The normalized spacial score (nSPS) is 13.9. The smallest absolute Gasteiger partial charge is 0.180 e. The molecule has 2 aromatic carbocycles. The second-order valence-electron chi connectivity index (χ2n) is 6.66. The summed E-state index contributed by atoms with van der Waals surface area (Å²) in [7, 11) is 0. The number of hydrogen-bond acceptors (Lipinski definition) is 3. The lowest BCUT2D eigenvalue weighted by Crippen LogP contribution is -1.97. The van der Waals surface area contributed by atoms with Crippen molar-refractivity contribution in [3.05, 3.63) is 77.4 Å². The second-order valence-corrected chi connectivity index (χ2v) is 7.05. The fraction of sp³-hybridized carbons (Fsp3) is 0.136. The van der Waals surface area contributed by atoms with Gasteiger partial charge in [0, 0.05) is 11.1 Å². The summed E-state index contributed by atoms with van der Waals surface area (Å²) in [5.41, 5.74) is 6.51. The molecule has 1 saturated carbocycles. The fourth-order valence-electron chi connectivity index (χ4n) is 3.25. The lowest BCUT2D eigenvalue weighted by molar-refractivity contribution is 1.13. The van der Waals surface area contributed by atoms with Crippen LogP contribution in [0.5, 0.6) is 0 Å². The van der Waals surface area contributed by atoms with E-state index in [0.717, 1.165) is 33.9 Å². The highest BCUT2D eigenvalue weighted by atomic mass is 35.5. The van der Waals surface area contributed by atoms with Crippen LogP contribution in [0.4, 0.5) is 0 Å². The molecule has 1 fully saturated rings. The minimum Gasteiger partial charge on any atom is -0.242 e. The minimum atomic E-state index is 0.423. The van der Waals surface area contributed by atoms with E-state index < -0.39 is 0 Å². The number of benzene rings is 2. The van der Waals surface area contributed by atoms with Gasteiger partial charge in [0.2, 0.25) is 0 Å². The van der Waals surface area contributed by atoms with E-state index in [1.165, 1.54) is 18.4 Å². The average Bonchev–Trinajstić information content (AvgIpc) is 3.53. The SMILES string of the molecule is Clc1ccc2nc(-c3ccc(C4CC4)cc3)c(-c3ccccc3)nc2n1. The Bertz CT molecular complexity index is 1090. The van der Waals surface area contributed by atoms with E-state index in [4.69, 9.17) is 21.6 Å². The Morgan fingerprint density at radius 3 is 2.12 bits per heavy atom. The molecule has 26 heavy (non-hydrogen) atoms.